The van der Waals surface area contributed by atoms with E-state index in [1.54, 1.807) is 0 Å². The summed E-state index contributed by atoms with van der Waals surface area (Å²) in [5.41, 5.74) is 2.60. The van der Waals surface area contributed by atoms with Gasteiger partial charge in [-0.1, -0.05) is 0 Å². The molecule has 0 aliphatic heterocycles. The van der Waals surface area contributed by atoms with Gasteiger partial charge >= 0.3 is 96.8 Å². The summed E-state index contributed by atoms with van der Waals surface area (Å²) in [4.78, 5) is 7.02. The summed E-state index contributed by atoms with van der Waals surface area (Å²) in [6.45, 7) is 6.69. The average Bonchev–Trinajstić information content (AvgIpc) is 2.67. The second kappa shape index (κ2) is 3.96. The monoisotopic (exact) mass is 265 g/mol. The van der Waals surface area contributed by atoms with E-state index < -0.39 is 0 Å². The van der Waals surface area contributed by atoms with Gasteiger partial charge in [0.2, 0.25) is 0 Å². The van der Waals surface area contributed by atoms with Crippen LogP contribution in [0.2, 0.25) is 0 Å². The van der Waals surface area contributed by atoms with E-state index >= 15 is 0 Å². The van der Waals surface area contributed by atoms with Crippen molar-refractivity contribution >= 4 is 14.5 Å². The molecule has 0 fully saturated rings. The second-order valence-corrected chi connectivity index (χ2v) is 6.45. The summed E-state index contributed by atoms with van der Waals surface area (Å²) < 4.78 is 1.34. The number of nitrogens with zero attached hydrogens (tertiary/aromatic N) is 1. The van der Waals surface area contributed by atoms with Crippen LogP contribution in [0.1, 0.15) is 25.3 Å². The molecule has 1 aromatic carbocycles. The van der Waals surface area contributed by atoms with Gasteiger partial charge in [-0.3, -0.25) is 0 Å². The van der Waals surface area contributed by atoms with Crippen LogP contribution in [0, 0.1) is 0 Å². The van der Waals surface area contributed by atoms with E-state index in [1.165, 1.54) is 10.1 Å². The summed E-state index contributed by atoms with van der Waals surface area (Å²) in [6, 6.07) is 10.4. The van der Waals surface area contributed by atoms with Crippen molar-refractivity contribution < 1.29 is 0 Å². The third-order valence-corrected chi connectivity index (χ3v) is 4.88. The predicted octanol–water partition coefficient (Wildman–Crippen LogP) is 3.10. The van der Waals surface area contributed by atoms with E-state index in [9.17, 15) is 0 Å². The molecule has 1 heterocycles. The Kier molecular flexibility index (Phi) is 2.81. The molecule has 0 aliphatic carbocycles. The van der Waals surface area contributed by atoms with Gasteiger partial charge in [0.25, 0.3) is 0 Å². The van der Waals surface area contributed by atoms with E-state index in [4.69, 9.17) is 4.98 Å². The fraction of sp³-hybridized carbons (Fsp3) is 0.308. The summed E-state index contributed by atoms with van der Waals surface area (Å²) in [6.07, 6.45) is 0. The van der Waals surface area contributed by atoms with Gasteiger partial charge in [-0.2, -0.15) is 0 Å². The molecule has 0 aliphatic rings. The normalized spacial score (nSPS) is 11.7. The summed E-state index contributed by atoms with van der Waals surface area (Å²) in [5, 5.41) is 0. The van der Waals surface area contributed by atoms with Gasteiger partial charge in [-0.05, 0) is 0 Å². The Bertz CT molecular complexity index is 437. The molecule has 0 saturated carbocycles. The van der Waals surface area contributed by atoms with Crippen molar-refractivity contribution in [3.8, 4) is 11.3 Å². The van der Waals surface area contributed by atoms with E-state index in [0.717, 1.165) is 5.69 Å². The van der Waals surface area contributed by atoms with Crippen LogP contribution in [-0.4, -0.2) is 19.5 Å². The van der Waals surface area contributed by atoms with E-state index in [1.807, 2.05) is 6.07 Å². The van der Waals surface area contributed by atoms with Gasteiger partial charge in [-0.15, -0.1) is 0 Å². The Morgan fingerprint density at radius 3 is 2.27 bits per heavy atom. The molecule has 1 nitrogen and oxygen atoms in total. The summed E-state index contributed by atoms with van der Waals surface area (Å²) in [7, 11) is 0. The van der Waals surface area contributed by atoms with Crippen molar-refractivity contribution in [3.05, 3.63) is 39.8 Å². The van der Waals surface area contributed by atoms with Gasteiger partial charge in [0.05, 0.1) is 0 Å². The fourth-order valence-corrected chi connectivity index (χ4v) is 3.28. The molecule has 0 bridgehead atoms. The Morgan fingerprint density at radius 1 is 1.07 bits per heavy atom. The molecule has 0 N–H and O–H groups in total. The fourth-order valence-electron chi connectivity index (χ4n) is 1.36. The van der Waals surface area contributed by atoms with Crippen LogP contribution < -0.4 is 0 Å². The van der Waals surface area contributed by atoms with Gasteiger partial charge < -0.3 is 0 Å². The quantitative estimate of drug-likeness (QED) is 0.721. The molecule has 2 aromatic rings. The Labute approximate surface area is 96.9 Å². The van der Waals surface area contributed by atoms with Crippen molar-refractivity contribution in [2.24, 2.45) is 0 Å². The molecule has 0 saturated heterocycles. The Hall–Kier alpha value is -0.851. The maximum atomic E-state index is 4.74. The average molecular weight is 264 g/mol. The van der Waals surface area contributed by atoms with Gasteiger partial charge in [0, 0.05) is 0 Å². The minimum atomic E-state index is 0.215. The van der Waals surface area contributed by atoms with Gasteiger partial charge in [-0.25, -0.2) is 0 Å². The van der Waals surface area contributed by atoms with Crippen LogP contribution >= 0.6 is 0 Å². The van der Waals surface area contributed by atoms with Crippen LogP contribution in [0.5, 0.6) is 0 Å². The molecule has 15 heavy (non-hydrogen) atoms. The number of hydrogen-bond acceptors (Lipinski definition) is 1. The van der Waals surface area contributed by atoms with E-state index in [-0.39, 0.29) is 5.41 Å². The molecular weight excluding hydrogens is 249 g/mol. The van der Waals surface area contributed by atoms with Crippen LogP contribution in [0.25, 0.3) is 11.3 Å². The third-order valence-electron chi connectivity index (χ3n) is 2.22. The topological polar surface area (TPSA) is 12.9 Å². The van der Waals surface area contributed by atoms with Crippen molar-refractivity contribution in [3.63, 3.8) is 0 Å². The molecule has 78 valence electrons. The second-order valence-electron chi connectivity index (χ2n) is 4.65. The zero-order chi connectivity index (χ0) is 10.9. The first kappa shape index (κ1) is 10.7. The zero-order valence-corrected chi connectivity index (χ0v) is 11.0. The first-order valence-corrected chi connectivity index (χ1v) is 6.93. The number of rotatable bonds is 1. The molecule has 0 unspecified atom stereocenters. The standard InChI is InChI=1S/C13H15NSe/c1-13(2,3)12-14-11(9-15-12)10-7-5-4-6-8-10/h4-9H,1-3H3. The molecule has 0 amide bonds. The van der Waals surface area contributed by atoms with Crippen LogP contribution in [0.4, 0.5) is 0 Å². The Morgan fingerprint density at radius 2 is 1.73 bits per heavy atom. The first-order valence-electron chi connectivity index (χ1n) is 5.09. The molecule has 0 radical (unpaired) electrons. The summed E-state index contributed by atoms with van der Waals surface area (Å²) in [5.74, 6) is 0. The van der Waals surface area contributed by atoms with Crippen LogP contribution in [-0.2, 0) is 5.41 Å². The van der Waals surface area contributed by atoms with Gasteiger partial charge in [0.15, 0.2) is 0 Å². The maximum absolute atomic E-state index is 4.74. The van der Waals surface area contributed by atoms with Crippen molar-refractivity contribution in [1.29, 1.82) is 0 Å². The van der Waals surface area contributed by atoms with Crippen molar-refractivity contribution in [2.75, 3.05) is 0 Å². The van der Waals surface area contributed by atoms with Crippen molar-refractivity contribution in [2.45, 2.75) is 26.2 Å². The third kappa shape index (κ3) is 2.39. The SMILES string of the molecule is CC(C)(C)c1nc(-c2ccccc2)c[se]1. The number of hydrogen-bond donors (Lipinski definition) is 0. The van der Waals surface area contributed by atoms with Crippen molar-refractivity contribution in [1.82, 2.24) is 4.98 Å². The van der Waals surface area contributed by atoms with Crippen LogP contribution in [0.3, 0.4) is 0 Å². The predicted molar refractivity (Wildman–Crippen MR) is 65.3 cm³/mol. The van der Waals surface area contributed by atoms with Gasteiger partial charge in [0.1, 0.15) is 0 Å². The molecular formula is C13H15NSe. The first-order chi connectivity index (χ1) is 7.07. The minimum absolute atomic E-state index is 0.215. The molecule has 2 heteroatoms. The Balaban J connectivity index is 2.37. The molecule has 2 rings (SSSR count). The number of aromatic nitrogens is 1. The zero-order valence-electron chi connectivity index (χ0n) is 9.32. The molecule has 0 atom stereocenters. The number of benzene rings is 1. The molecule has 0 spiro atoms. The van der Waals surface area contributed by atoms with E-state index in [2.05, 4.69) is 50.0 Å². The van der Waals surface area contributed by atoms with E-state index in [0.29, 0.717) is 14.5 Å². The summed E-state index contributed by atoms with van der Waals surface area (Å²) >= 11 is 0.434. The molecule has 1 aromatic heterocycles. The van der Waals surface area contributed by atoms with Crippen LogP contribution in [0.15, 0.2) is 35.3 Å².